The Hall–Kier alpha value is -2.73. The second-order valence-electron chi connectivity index (χ2n) is 4.73. The molecule has 20 heavy (non-hydrogen) atoms. The lowest BCUT2D eigenvalue weighted by molar-refractivity contribution is 1.13. The van der Waals surface area contributed by atoms with Crippen molar-refractivity contribution in [3.8, 4) is 11.8 Å². The fourth-order valence-electron chi connectivity index (χ4n) is 1.93. The number of benzene rings is 2. The number of amidine groups is 1. The predicted molar refractivity (Wildman–Crippen MR) is 83.0 cm³/mol. The molecule has 0 atom stereocenters. The summed E-state index contributed by atoms with van der Waals surface area (Å²) in [5.74, 6) is 6.68. The minimum Gasteiger partial charge on any atom is -0.378 e. The first-order valence-electron chi connectivity index (χ1n) is 6.41. The molecule has 1 heterocycles. The molecule has 3 nitrogen and oxygen atoms in total. The molecule has 0 unspecified atom stereocenters. The summed E-state index contributed by atoms with van der Waals surface area (Å²) in [6, 6.07) is 15.9. The Balaban J connectivity index is 1.77. The molecule has 0 spiro atoms. The third-order valence-corrected chi connectivity index (χ3v) is 3.04. The van der Waals surface area contributed by atoms with Crippen molar-refractivity contribution >= 4 is 22.9 Å². The van der Waals surface area contributed by atoms with Crippen LogP contribution in [0.3, 0.4) is 0 Å². The van der Waals surface area contributed by atoms with Gasteiger partial charge in [0.25, 0.3) is 0 Å². The molecule has 0 saturated heterocycles. The molecular formula is C17H14N3. The summed E-state index contributed by atoms with van der Waals surface area (Å²) < 4.78 is 0. The maximum Gasteiger partial charge on any atom is 0.206 e. The van der Waals surface area contributed by atoms with Gasteiger partial charge in [0.05, 0.1) is 11.4 Å². The number of nitrogens with zero attached hydrogens (tertiary/aromatic N) is 3. The molecule has 3 rings (SSSR count). The van der Waals surface area contributed by atoms with Gasteiger partial charge in [-0.05, 0) is 42.3 Å². The summed E-state index contributed by atoms with van der Waals surface area (Å²) in [6.07, 6.45) is 0. The van der Waals surface area contributed by atoms with Crippen LogP contribution in [0.5, 0.6) is 0 Å². The molecule has 3 heteroatoms. The highest BCUT2D eigenvalue weighted by Gasteiger charge is 2.12. The van der Waals surface area contributed by atoms with Gasteiger partial charge in [-0.1, -0.05) is 18.1 Å². The lowest BCUT2D eigenvalue weighted by Gasteiger charge is -2.11. The van der Waals surface area contributed by atoms with E-state index in [9.17, 15) is 0 Å². The Morgan fingerprint density at radius 2 is 1.55 bits per heavy atom. The van der Waals surface area contributed by atoms with Crippen molar-refractivity contribution in [2.75, 3.05) is 19.0 Å². The first-order chi connectivity index (χ1) is 9.72. The van der Waals surface area contributed by atoms with Crippen LogP contribution < -0.4 is 10.2 Å². The van der Waals surface area contributed by atoms with E-state index in [2.05, 4.69) is 27.0 Å². The van der Waals surface area contributed by atoms with Crippen LogP contribution in [0.1, 0.15) is 5.56 Å². The van der Waals surface area contributed by atoms with Crippen molar-refractivity contribution in [1.82, 2.24) is 5.32 Å². The van der Waals surface area contributed by atoms with E-state index in [4.69, 9.17) is 0 Å². The van der Waals surface area contributed by atoms with E-state index in [1.165, 1.54) is 0 Å². The minimum atomic E-state index is 0.572. The summed E-state index contributed by atoms with van der Waals surface area (Å²) in [5, 5.41) is 4.38. The van der Waals surface area contributed by atoms with E-state index in [1.54, 1.807) is 0 Å². The Morgan fingerprint density at radius 3 is 2.20 bits per heavy atom. The van der Waals surface area contributed by atoms with E-state index in [0.717, 1.165) is 22.6 Å². The van der Waals surface area contributed by atoms with Crippen LogP contribution in [0.4, 0.5) is 17.1 Å². The third kappa shape index (κ3) is 2.50. The Kier molecular flexibility index (Phi) is 3.14. The lowest BCUT2D eigenvalue weighted by Crippen LogP contribution is -2.08. The molecule has 97 valence electrons. The van der Waals surface area contributed by atoms with Gasteiger partial charge in [0, 0.05) is 25.3 Å². The van der Waals surface area contributed by atoms with Gasteiger partial charge >= 0.3 is 0 Å². The molecule has 0 N–H and O–H groups in total. The number of para-hydroxylation sites is 2. The summed E-state index contributed by atoms with van der Waals surface area (Å²) in [5.41, 5.74) is 3.90. The molecule has 2 aromatic carbocycles. The van der Waals surface area contributed by atoms with Gasteiger partial charge in [0.15, 0.2) is 0 Å². The third-order valence-electron chi connectivity index (χ3n) is 3.04. The van der Waals surface area contributed by atoms with Gasteiger partial charge in [0.1, 0.15) is 0 Å². The molecule has 1 aliphatic heterocycles. The van der Waals surface area contributed by atoms with E-state index in [0.29, 0.717) is 5.84 Å². The van der Waals surface area contributed by atoms with E-state index >= 15 is 0 Å². The molecule has 0 aromatic heterocycles. The van der Waals surface area contributed by atoms with Gasteiger partial charge < -0.3 is 4.90 Å². The first kappa shape index (κ1) is 12.3. The van der Waals surface area contributed by atoms with Gasteiger partial charge in [-0.2, -0.15) is 0 Å². The highest BCUT2D eigenvalue weighted by atomic mass is 15.1. The first-order valence-corrected chi connectivity index (χ1v) is 6.41. The summed E-state index contributed by atoms with van der Waals surface area (Å²) in [4.78, 5) is 6.44. The molecule has 0 saturated carbocycles. The average molecular weight is 260 g/mol. The molecule has 0 fully saturated rings. The Bertz CT molecular complexity index is 716. The Labute approximate surface area is 119 Å². The van der Waals surface area contributed by atoms with Crippen molar-refractivity contribution in [2.45, 2.75) is 0 Å². The van der Waals surface area contributed by atoms with Crippen molar-refractivity contribution in [1.29, 1.82) is 0 Å². The van der Waals surface area contributed by atoms with E-state index in [-0.39, 0.29) is 0 Å². The number of hydrogen-bond donors (Lipinski definition) is 0. The molecule has 1 aliphatic rings. The summed E-state index contributed by atoms with van der Waals surface area (Å²) >= 11 is 0. The van der Waals surface area contributed by atoms with Crippen LogP contribution in [0, 0.1) is 11.8 Å². The number of fused-ring (bicyclic) bond motifs is 1. The fraction of sp³-hybridized carbons (Fsp3) is 0.118. The van der Waals surface area contributed by atoms with Crippen molar-refractivity contribution in [3.05, 3.63) is 54.1 Å². The van der Waals surface area contributed by atoms with Crippen molar-refractivity contribution < 1.29 is 0 Å². The minimum absolute atomic E-state index is 0.572. The van der Waals surface area contributed by atoms with Crippen LogP contribution in [0.2, 0.25) is 0 Å². The van der Waals surface area contributed by atoms with Crippen LogP contribution in [-0.4, -0.2) is 19.9 Å². The number of aliphatic imine (C=N–C) groups is 1. The van der Waals surface area contributed by atoms with Crippen LogP contribution >= 0.6 is 0 Å². The average Bonchev–Trinajstić information content (AvgIpc) is 2.88. The monoisotopic (exact) mass is 260 g/mol. The maximum atomic E-state index is 4.38. The highest BCUT2D eigenvalue weighted by molar-refractivity contribution is 6.07. The van der Waals surface area contributed by atoms with Gasteiger partial charge in [-0.3, -0.25) is 0 Å². The standard InChI is InChI=1S/C17H14N3/c1-20(2)14-10-7-13(8-11-14)9-12-17-18-15-5-3-4-6-16(15)19-17/h3-8,10-11H,1-2H3. The molecule has 0 aliphatic carbocycles. The maximum absolute atomic E-state index is 4.38. The molecule has 2 aromatic rings. The normalized spacial score (nSPS) is 11.8. The largest absolute Gasteiger partial charge is 0.378 e. The summed E-state index contributed by atoms with van der Waals surface area (Å²) in [7, 11) is 4.04. The second-order valence-corrected chi connectivity index (χ2v) is 4.73. The molecule has 1 radical (unpaired) electrons. The van der Waals surface area contributed by atoms with Gasteiger partial charge in [-0.15, -0.1) is 0 Å². The van der Waals surface area contributed by atoms with Crippen LogP contribution in [0.15, 0.2) is 53.5 Å². The van der Waals surface area contributed by atoms with Crippen molar-refractivity contribution in [2.24, 2.45) is 4.99 Å². The molecular weight excluding hydrogens is 246 g/mol. The predicted octanol–water partition coefficient (Wildman–Crippen LogP) is 3.08. The lowest BCUT2D eigenvalue weighted by atomic mass is 10.2. The second kappa shape index (κ2) is 5.10. The smallest absolute Gasteiger partial charge is 0.206 e. The van der Waals surface area contributed by atoms with Gasteiger partial charge in [0.2, 0.25) is 5.84 Å². The number of anilines is 1. The zero-order valence-corrected chi connectivity index (χ0v) is 11.5. The number of rotatable bonds is 1. The molecule has 0 bridgehead atoms. The van der Waals surface area contributed by atoms with Gasteiger partial charge in [-0.25, -0.2) is 10.3 Å². The van der Waals surface area contributed by atoms with Crippen LogP contribution in [-0.2, 0) is 0 Å². The quantitative estimate of drug-likeness (QED) is 0.725. The Morgan fingerprint density at radius 1 is 0.850 bits per heavy atom. The van der Waals surface area contributed by atoms with E-state index < -0.39 is 0 Å². The van der Waals surface area contributed by atoms with Crippen molar-refractivity contribution in [3.63, 3.8) is 0 Å². The molecule has 0 amide bonds. The van der Waals surface area contributed by atoms with E-state index in [1.807, 2.05) is 62.6 Å². The SMILES string of the molecule is CN(C)c1ccc(C#CC2=Nc3ccccc3[N]2)cc1. The fourth-order valence-corrected chi connectivity index (χ4v) is 1.93. The zero-order valence-electron chi connectivity index (χ0n) is 11.5. The van der Waals surface area contributed by atoms with Crippen LogP contribution in [0.25, 0.3) is 0 Å². The number of hydrogen-bond acceptors (Lipinski definition) is 2. The highest BCUT2D eigenvalue weighted by Crippen LogP contribution is 2.29. The summed E-state index contributed by atoms with van der Waals surface area (Å²) in [6.45, 7) is 0. The topological polar surface area (TPSA) is 29.7 Å². The zero-order chi connectivity index (χ0) is 13.9.